The molecule has 0 spiro atoms. The van der Waals surface area contributed by atoms with Crippen LogP contribution in [0.3, 0.4) is 0 Å². The van der Waals surface area contributed by atoms with Crippen LogP contribution in [0.5, 0.6) is 0 Å². The zero-order valence-corrected chi connectivity index (χ0v) is 14.1. The van der Waals surface area contributed by atoms with Crippen LogP contribution in [0.25, 0.3) is 0 Å². The van der Waals surface area contributed by atoms with Gasteiger partial charge in [0.25, 0.3) is 0 Å². The van der Waals surface area contributed by atoms with Crippen molar-refractivity contribution in [3.63, 3.8) is 0 Å². The summed E-state index contributed by atoms with van der Waals surface area (Å²) in [5.41, 5.74) is 0.995. The summed E-state index contributed by atoms with van der Waals surface area (Å²) in [6, 6.07) is 0.566. The van der Waals surface area contributed by atoms with Crippen LogP contribution >= 0.6 is 11.5 Å². The van der Waals surface area contributed by atoms with E-state index in [0.29, 0.717) is 25.0 Å². The van der Waals surface area contributed by atoms with E-state index in [4.69, 9.17) is 0 Å². The molecule has 1 aliphatic heterocycles. The Morgan fingerprint density at radius 1 is 1.52 bits per heavy atom. The Kier molecular flexibility index (Phi) is 5.66. The molecule has 1 aromatic rings. The molecule has 1 saturated heterocycles. The van der Waals surface area contributed by atoms with Crippen molar-refractivity contribution in [2.75, 3.05) is 33.7 Å². The van der Waals surface area contributed by atoms with Crippen molar-refractivity contribution in [3.8, 4) is 0 Å². The van der Waals surface area contributed by atoms with Crippen molar-refractivity contribution < 1.29 is 4.79 Å². The lowest BCUT2D eigenvalue weighted by molar-refractivity contribution is -0.122. The molecular formula is C14H25N5OS. The van der Waals surface area contributed by atoms with E-state index in [9.17, 15) is 4.79 Å². The molecule has 0 aromatic carbocycles. The van der Waals surface area contributed by atoms with Crippen LogP contribution in [-0.4, -0.2) is 65.1 Å². The van der Waals surface area contributed by atoms with Gasteiger partial charge in [-0.15, -0.1) is 5.10 Å². The number of nitrogens with one attached hydrogen (secondary N) is 1. The minimum atomic E-state index is 0.0810. The molecule has 21 heavy (non-hydrogen) atoms. The summed E-state index contributed by atoms with van der Waals surface area (Å²) < 4.78 is 3.98. The number of amides is 1. The summed E-state index contributed by atoms with van der Waals surface area (Å²) in [4.78, 5) is 17.6. The van der Waals surface area contributed by atoms with Crippen molar-refractivity contribution >= 4 is 17.4 Å². The topological polar surface area (TPSA) is 61.4 Å². The van der Waals surface area contributed by atoms with Crippen LogP contribution < -0.4 is 5.32 Å². The molecule has 2 heterocycles. The maximum atomic E-state index is 12.0. The fourth-order valence-electron chi connectivity index (χ4n) is 2.59. The minimum absolute atomic E-state index is 0.0810. The summed E-state index contributed by atoms with van der Waals surface area (Å²) in [6.07, 6.45) is 1.14. The first kappa shape index (κ1) is 16.3. The highest BCUT2D eigenvalue weighted by molar-refractivity contribution is 7.05. The van der Waals surface area contributed by atoms with Gasteiger partial charge in [0, 0.05) is 19.1 Å². The third-order valence-corrected chi connectivity index (χ3v) is 4.66. The lowest BCUT2D eigenvalue weighted by Gasteiger charge is -2.20. The number of rotatable bonds is 6. The van der Waals surface area contributed by atoms with E-state index in [1.807, 2.05) is 0 Å². The molecule has 1 atom stereocenters. The largest absolute Gasteiger partial charge is 0.350 e. The van der Waals surface area contributed by atoms with Crippen LogP contribution in [0.2, 0.25) is 0 Å². The van der Waals surface area contributed by atoms with Crippen molar-refractivity contribution in [2.24, 2.45) is 0 Å². The highest BCUT2D eigenvalue weighted by Crippen LogP contribution is 2.19. The van der Waals surface area contributed by atoms with Crippen molar-refractivity contribution in [1.29, 1.82) is 0 Å². The first-order valence-electron chi connectivity index (χ1n) is 7.44. The Morgan fingerprint density at radius 2 is 2.29 bits per heavy atom. The van der Waals surface area contributed by atoms with Crippen LogP contribution in [0, 0.1) is 0 Å². The molecule has 6 nitrogen and oxygen atoms in total. The summed E-state index contributed by atoms with van der Waals surface area (Å²) in [6.45, 7) is 7.17. The van der Waals surface area contributed by atoms with Crippen molar-refractivity contribution in [2.45, 2.75) is 38.8 Å². The normalized spacial score (nSPS) is 19.6. The number of likely N-dealkylation sites (N-methyl/N-ethyl adjacent to an activating group) is 1. The van der Waals surface area contributed by atoms with Gasteiger partial charge in [-0.1, -0.05) is 18.3 Å². The Bertz CT molecular complexity index is 474. The first-order valence-corrected chi connectivity index (χ1v) is 8.21. The quantitative estimate of drug-likeness (QED) is 0.846. The van der Waals surface area contributed by atoms with Gasteiger partial charge < -0.3 is 10.2 Å². The molecule has 1 aromatic heterocycles. The second kappa shape index (κ2) is 7.29. The zero-order chi connectivity index (χ0) is 15.4. The third kappa shape index (κ3) is 4.46. The molecule has 2 rings (SSSR count). The highest BCUT2D eigenvalue weighted by atomic mass is 32.1. The Balaban J connectivity index is 1.77. The predicted octanol–water partition coefficient (Wildman–Crippen LogP) is 0.914. The number of likely N-dealkylation sites (tertiary alicyclic amines) is 1. The first-order chi connectivity index (χ1) is 9.97. The maximum absolute atomic E-state index is 12.0. The number of carbonyl (C=O) groups is 1. The van der Waals surface area contributed by atoms with Crippen LogP contribution in [-0.2, 0) is 11.3 Å². The number of aromatic nitrogens is 2. The van der Waals surface area contributed by atoms with Crippen molar-refractivity contribution in [1.82, 2.24) is 24.7 Å². The number of nitrogens with zero attached hydrogens (tertiary/aromatic N) is 4. The van der Waals surface area contributed by atoms with Crippen LogP contribution in [0.1, 0.15) is 36.8 Å². The average Bonchev–Trinajstić information content (AvgIpc) is 3.04. The summed E-state index contributed by atoms with van der Waals surface area (Å²) >= 11 is 1.37. The van der Waals surface area contributed by atoms with E-state index in [2.05, 4.69) is 52.6 Å². The monoisotopic (exact) mass is 311 g/mol. The third-order valence-electron chi connectivity index (χ3n) is 3.92. The van der Waals surface area contributed by atoms with Gasteiger partial charge in [-0.2, -0.15) is 0 Å². The van der Waals surface area contributed by atoms with Gasteiger partial charge in [0.1, 0.15) is 0 Å². The number of hydrogen-bond donors (Lipinski definition) is 1. The molecule has 0 aliphatic carbocycles. The van der Waals surface area contributed by atoms with Gasteiger partial charge in [0.05, 0.1) is 23.7 Å². The van der Waals surface area contributed by atoms with Crippen molar-refractivity contribution in [3.05, 3.63) is 10.6 Å². The molecule has 0 unspecified atom stereocenters. The highest BCUT2D eigenvalue weighted by Gasteiger charge is 2.25. The van der Waals surface area contributed by atoms with E-state index >= 15 is 0 Å². The van der Waals surface area contributed by atoms with Gasteiger partial charge >= 0.3 is 0 Å². The van der Waals surface area contributed by atoms with Gasteiger partial charge in [-0.3, -0.25) is 9.69 Å². The van der Waals surface area contributed by atoms with E-state index in [0.717, 1.165) is 30.1 Å². The standard InChI is InChI=1S/C14H25N5OS/c1-10(2)14-12(21-17-16-14)7-15-13(20)9-19-6-5-11(8-19)18(3)4/h10-11H,5-9H2,1-4H3,(H,15,20)/t11-/m1/s1. The molecule has 1 N–H and O–H groups in total. The van der Waals surface area contributed by atoms with Gasteiger partial charge in [-0.05, 0) is 38.0 Å². The van der Waals surface area contributed by atoms with E-state index in [-0.39, 0.29) is 5.91 Å². The summed E-state index contributed by atoms with van der Waals surface area (Å²) in [5.74, 6) is 0.424. The predicted molar refractivity (Wildman–Crippen MR) is 84.4 cm³/mol. The minimum Gasteiger partial charge on any atom is -0.350 e. The van der Waals surface area contributed by atoms with E-state index in [1.54, 1.807) is 0 Å². The van der Waals surface area contributed by atoms with E-state index in [1.165, 1.54) is 11.5 Å². The number of carbonyl (C=O) groups excluding carboxylic acids is 1. The lowest BCUT2D eigenvalue weighted by atomic mass is 10.1. The number of hydrogen-bond acceptors (Lipinski definition) is 6. The van der Waals surface area contributed by atoms with Gasteiger partial charge in [-0.25, -0.2) is 0 Å². The fourth-order valence-corrected chi connectivity index (χ4v) is 3.33. The zero-order valence-electron chi connectivity index (χ0n) is 13.3. The van der Waals surface area contributed by atoms with Crippen LogP contribution in [0.4, 0.5) is 0 Å². The second-order valence-electron chi connectivity index (χ2n) is 6.15. The smallest absolute Gasteiger partial charge is 0.234 e. The van der Waals surface area contributed by atoms with Gasteiger partial charge in [0.2, 0.25) is 5.91 Å². The molecule has 7 heteroatoms. The molecule has 0 radical (unpaired) electrons. The van der Waals surface area contributed by atoms with E-state index < -0.39 is 0 Å². The van der Waals surface area contributed by atoms with Crippen LogP contribution in [0.15, 0.2) is 0 Å². The lowest BCUT2D eigenvalue weighted by Crippen LogP contribution is -2.38. The molecule has 1 aliphatic rings. The molecule has 118 valence electrons. The summed E-state index contributed by atoms with van der Waals surface area (Å²) in [5, 5.41) is 7.12. The molecule has 1 amide bonds. The van der Waals surface area contributed by atoms with Gasteiger partial charge in [0.15, 0.2) is 0 Å². The second-order valence-corrected chi connectivity index (χ2v) is 6.99. The Morgan fingerprint density at radius 3 is 2.90 bits per heavy atom. The maximum Gasteiger partial charge on any atom is 0.234 e. The SMILES string of the molecule is CC(C)c1nnsc1CNC(=O)CN1CC[C@@H](N(C)C)C1. The molecular weight excluding hydrogens is 286 g/mol. The average molecular weight is 311 g/mol. The summed E-state index contributed by atoms with van der Waals surface area (Å²) in [7, 11) is 4.19. The molecule has 0 saturated carbocycles. The Hall–Kier alpha value is -1.05. The Labute approximate surface area is 130 Å². The molecule has 0 bridgehead atoms. The fraction of sp³-hybridized carbons (Fsp3) is 0.786. The molecule has 1 fully saturated rings.